The lowest BCUT2D eigenvalue weighted by atomic mass is 10.1. The molecule has 96 valence electrons. The Morgan fingerprint density at radius 1 is 1.11 bits per heavy atom. The summed E-state index contributed by atoms with van der Waals surface area (Å²) >= 11 is 5.88. The van der Waals surface area contributed by atoms with Crippen LogP contribution in [0.5, 0.6) is 0 Å². The van der Waals surface area contributed by atoms with E-state index in [9.17, 15) is 0 Å². The molecule has 19 heavy (non-hydrogen) atoms. The van der Waals surface area contributed by atoms with E-state index in [1.54, 1.807) is 0 Å². The van der Waals surface area contributed by atoms with Crippen molar-refractivity contribution in [3.63, 3.8) is 0 Å². The van der Waals surface area contributed by atoms with E-state index in [0.29, 0.717) is 17.8 Å². The summed E-state index contributed by atoms with van der Waals surface area (Å²) in [5.74, 6) is 0.877. The molecule has 0 atom stereocenters. The first-order valence-electron chi connectivity index (χ1n) is 5.98. The van der Waals surface area contributed by atoms with Gasteiger partial charge in [0.25, 0.3) is 0 Å². The van der Waals surface area contributed by atoms with Crippen molar-refractivity contribution >= 4 is 22.9 Å². The van der Waals surface area contributed by atoms with Gasteiger partial charge in [0.05, 0.1) is 5.69 Å². The van der Waals surface area contributed by atoms with Gasteiger partial charge in [-0.3, -0.25) is 4.40 Å². The number of benzene rings is 1. The molecule has 2 aromatic heterocycles. The molecule has 0 aliphatic heterocycles. The maximum Gasteiger partial charge on any atom is 0.184 e. The average molecular weight is 273 g/mol. The molecule has 0 radical (unpaired) electrons. The molecule has 1 aromatic carbocycles. The first kappa shape index (κ1) is 12.0. The lowest BCUT2D eigenvalue weighted by Gasteiger charge is -2.05. The molecule has 5 heteroatoms. The molecule has 0 aliphatic carbocycles. The van der Waals surface area contributed by atoms with E-state index in [4.69, 9.17) is 17.3 Å². The van der Waals surface area contributed by atoms with Crippen LogP contribution in [0.1, 0.15) is 17.1 Å². The van der Waals surface area contributed by atoms with Crippen LogP contribution in [0.2, 0.25) is 5.02 Å². The van der Waals surface area contributed by atoms with Crippen molar-refractivity contribution in [1.82, 2.24) is 14.6 Å². The van der Waals surface area contributed by atoms with Gasteiger partial charge in [0.2, 0.25) is 0 Å². The SMILES string of the molecule is Cc1ccc(N)c2nnc(Cc3ccc(Cl)cc3)n12. The lowest BCUT2D eigenvalue weighted by molar-refractivity contribution is 0.915. The predicted molar refractivity (Wildman–Crippen MR) is 76.4 cm³/mol. The van der Waals surface area contributed by atoms with Crippen LogP contribution in [0, 0.1) is 6.92 Å². The van der Waals surface area contributed by atoms with Crippen molar-refractivity contribution in [2.24, 2.45) is 0 Å². The second-order valence-corrected chi connectivity index (χ2v) is 4.94. The summed E-state index contributed by atoms with van der Waals surface area (Å²) < 4.78 is 1.99. The number of nitrogens with zero attached hydrogens (tertiary/aromatic N) is 3. The first-order chi connectivity index (χ1) is 9.15. The van der Waals surface area contributed by atoms with Crippen LogP contribution in [0.3, 0.4) is 0 Å². The van der Waals surface area contributed by atoms with Crippen LogP contribution in [0.15, 0.2) is 36.4 Å². The summed E-state index contributed by atoms with van der Waals surface area (Å²) in [7, 11) is 0. The molecule has 0 unspecified atom stereocenters. The van der Waals surface area contributed by atoms with Crippen LogP contribution in [0.4, 0.5) is 5.69 Å². The maximum atomic E-state index is 5.91. The normalized spacial score (nSPS) is 11.1. The van der Waals surface area contributed by atoms with Gasteiger partial charge in [-0.25, -0.2) is 0 Å². The second kappa shape index (κ2) is 4.55. The zero-order valence-electron chi connectivity index (χ0n) is 10.5. The number of pyridine rings is 1. The highest BCUT2D eigenvalue weighted by Crippen LogP contribution is 2.18. The number of nitrogen functional groups attached to an aromatic ring is 1. The van der Waals surface area contributed by atoms with Gasteiger partial charge in [0, 0.05) is 17.1 Å². The fourth-order valence-corrected chi connectivity index (χ4v) is 2.26. The van der Waals surface area contributed by atoms with E-state index in [0.717, 1.165) is 22.1 Å². The Bertz CT molecular complexity index is 731. The van der Waals surface area contributed by atoms with Crippen molar-refractivity contribution in [3.05, 3.63) is 58.5 Å². The third-order valence-electron chi connectivity index (χ3n) is 3.12. The van der Waals surface area contributed by atoms with E-state index in [2.05, 4.69) is 10.2 Å². The molecule has 0 aliphatic rings. The van der Waals surface area contributed by atoms with Crippen LogP contribution >= 0.6 is 11.6 Å². The van der Waals surface area contributed by atoms with Gasteiger partial charge < -0.3 is 5.73 Å². The number of rotatable bonds is 2. The molecular formula is C14H13ClN4. The lowest BCUT2D eigenvalue weighted by Crippen LogP contribution is -2.01. The second-order valence-electron chi connectivity index (χ2n) is 4.51. The Balaban J connectivity index is 2.06. The summed E-state index contributed by atoms with van der Waals surface area (Å²) in [5.41, 5.74) is 9.47. The van der Waals surface area contributed by atoms with Gasteiger partial charge in [-0.05, 0) is 36.8 Å². The third-order valence-corrected chi connectivity index (χ3v) is 3.37. The van der Waals surface area contributed by atoms with Gasteiger partial charge in [-0.2, -0.15) is 0 Å². The zero-order valence-corrected chi connectivity index (χ0v) is 11.2. The van der Waals surface area contributed by atoms with Crippen LogP contribution in [-0.4, -0.2) is 14.6 Å². The van der Waals surface area contributed by atoms with Crippen molar-refractivity contribution < 1.29 is 0 Å². The topological polar surface area (TPSA) is 56.2 Å². The highest BCUT2D eigenvalue weighted by Gasteiger charge is 2.10. The molecule has 0 amide bonds. The standard InChI is InChI=1S/C14H13ClN4/c1-9-2-7-12(16)14-18-17-13(19(9)14)8-10-3-5-11(15)6-4-10/h2-7H,8,16H2,1H3. The van der Waals surface area contributed by atoms with E-state index in [1.807, 2.05) is 47.7 Å². The molecule has 3 aromatic rings. The van der Waals surface area contributed by atoms with Gasteiger partial charge in [-0.15, -0.1) is 10.2 Å². The third kappa shape index (κ3) is 2.15. The minimum atomic E-state index is 0.639. The van der Waals surface area contributed by atoms with E-state index in [-0.39, 0.29) is 0 Å². The van der Waals surface area contributed by atoms with Crippen molar-refractivity contribution in [2.75, 3.05) is 5.73 Å². The number of anilines is 1. The monoisotopic (exact) mass is 272 g/mol. The van der Waals surface area contributed by atoms with Gasteiger partial charge in [-0.1, -0.05) is 23.7 Å². The molecule has 0 saturated heterocycles. The van der Waals surface area contributed by atoms with Crippen molar-refractivity contribution in [2.45, 2.75) is 13.3 Å². The molecule has 2 heterocycles. The average Bonchev–Trinajstić information content (AvgIpc) is 2.82. The number of hydrogen-bond donors (Lipinski definition) is 1. The molecule has 3 rings (SSSR count). The van der Waals surface area contributed by atoms with Crippen molar-refractivity contribution in [1.29, 1.82) is 0 Å². The number of nitrogens with two attached hydrogens (primary N) is 1. The molecular weight excluding hydrogens is 260 g/mol. The molecule has 0 bridgehead atoms. The van der Waals surface area contributed by atoms with Crippen LogP contribution in [0.25, 0.3) is 5.65 Å². The Morgan fingerprint density at radius 2 is 1.84 bits per heavy atom. The number of halogens is 1. The van der Waals surface area contributed by atoms with Gasteiger partial charge in [0.15, 0.2) is 5.65 Å². The summed E-state index contributed by atoms with van der Waals surface area (Å²) in [5, 5.41) is 9.12. The smallest absolute Gasteiger partial charge is 0.184 e. The first-order valence-corrected chi connectivity index (χ1v) is 6.36. The molecule has 0 saturated carbocycles. The summed E-state index contributed by atoms with van der Waals surface area (Å²) in [6.07, 6.45) is 0.697. The minimum Gasteiger partial charge on any atom is -0.396 e. The fraction of sp³-hybridized carbons (Fsp3) is 0.143. The van der Waals surface area contributed by atoms with E-state index >= 15 is 0 Å². The highest BCUT2D eigenvalue weighted by atomic mass is 35.5. The van der Waals surface area contributed by atoms with E-state index in [1.165, 1.54) is 0 Å². The summed E-state index contributed by atoms with van der Waals surface area (Å²) in [6, 6.07) is 11.6. The Kier molecular flexibility index (Phi) is 2.87. The molecule has 4 nitrogen and oxygen atoms in total. The minimum absolute atomic E-state index is 0.639. The Morgan fingerprint density at radius 3 is 2.58 bits per heavy atom. The Hall–Kier alpha value is -2.07. The van der Waals surface area contributed by atoms with Crippen LogP contribution in [-0.2, 0) is 6.42 Å². The largest absolute Gasteiger partial charge is 0.396 e. The summed E-state index contributed by atoms with van der Waals surface area (Å²) in [4.78, 5) is 0. The predicted octanol–water partition coefficient (Wildman–Crippen LogP) is 2.86. The molecule has 0 fully saturated rings. The zero-order chi connectivity index (χ0) is 13.4. The summed E-state index contributed by atoms with van der Waals surface area (Å²) in [6.45, 7) is 2.02. The fourth-order valence-electron chi connectivity index (χ4n) is 2.13. The highest BCUT2D eigenvalue weighted by molar-refractivity contribution is 6.30. The molecule has 0 spiro atoms. The molecule has 2 N–H and O–H groups in total. The number of aromatic nitrogens is 3. The van der Waals surface area contributed by atoms with Crippen LogP contribution < -0.4 is 5.73 Å². The number of aryl methyl sites for hydroxylation is 1. The number of fused-ring (bicyclic) bond motifs is 1. The van der Waals surface area contributed by atoms with Gasteiger partial charge >= 0.3 is 0 Å². The quantitative estimate of drug-likeness (QED) is 0.780. The Labute approximate surface area is 115 Å². The van der Waals surface area contributed by atoms with Crippen molar-refractivity contribution in [3.8, 4) is 0 Å². The van der Waals surface area contributed by atoms with Gasteiger partial charge in [0.1, 0.15) is 5.82 Å². The number of hydrogen-bond acceptors (Lipinski definition) is 3. The maximum absolute atomic E-state index is 5.91. The van der Waals surface area contributed by atoms with E-state index < -0.39 is 0 Å².